The van der Waals surface area contributed by atoms with Crippen LogP contribution < -0.4 is 4.74 Å². The molecular weight excluding hydrogens is 442 g/mol. The number of methoxy groups -OCH3 is 1. The molecule has 1 unspecified atom stereocenters. The first-order valence-electron chi connectivity index (χ1n) is 10.4. The number of rotatable bonds is 6. The summed E-state index contributed by atoms with van der Waals surface area (Å²) in [6.45, 7) is 4.39. The molecule has 166 valence electrons. The quantitative estimate of drug-likeness (QED) is 0.450. The highest BCUT2D eigenvalue weighted by molar-refractivity contribution is 7.89. The highest BCUT2D eigenvalue weighted by atomic mass is 35.5. The van der Waals surface area contributed by atoms with Gasteiger partial charge in [0.1, 0.15) is 5.75 Å². The maximum atomic E-state index is 13.7. The predicted octanol–water partition coefficient (Wildman–Crippen LogP) is 5.95. The Morgan fingerprint density at radius 2 is 1.59 bits per heavy atom. The van der Waals surface area contributed by atoms with Gasteiger partial charge in [-0.25, -0.2) is 8.42 Å². The van der Waals surface area contributed by atoms with E-state index in [4.69, 9.17) is 16.3 Å². The number of hydrogen-bond acceptors (Lipinski definition) is 3. The van der Waals surface area contributed by atoms with Crippen LogP contribution in [0.2, 0.25) is 5.02 Å². The number of halogens is 1. The van der Waals surface area contributed by atoms with E-state index in [2.05, 4.69) is 13.0 Å². The summed E-state index contributed by atoms with van der Waals surface area (Å²) in [7, 11) is -2.11. The predicted molar refractivity (Wildman–Crippen MR) is 129 cm³/mol. The average molecular weight is 468 g/mol. The molecule has 1 atom stereocenters. The van der Waals surface area contributed by atoms with Crippen LogP contribution in [0.1, 0.15) is 23.6 Å². The highest BCUT2D eigenvalue weighted by Crippen LogP contribution is 2.42. The van der Waals surface area contributed by atoms with E-state index in [1.54, 1.807) is 19.2 Å². The monoisotopic (exact) mass is 467 g/mol. The Kier molecular flexibility index (Phi) is 6.06. The van der Waals surface area contributed by atoms with Crippen LogP contribution in [0, 0.1) is 12.3 Å². The smallest absolute Gasteiger partial charge is 0.264 e. The van der Waals surface area contributed by atoms with Crippen LogP contribution in [0.4, 0.5) is 0 Å². The summed E-state index contributed by atoms with van der Waals surface area (Å²) in [5.41, 5.74) is 3.27. The minimum Gasteiger partial charge on any atom is -0.497 e. The van der Waals surface area contributed by atoms with Gasteiger partial charge in [0.15, 0.2) is 0 Å². The molecule has 6 heteroatoms. The molecule has 0 aliphatic carbocycles. The maximum absolute atomic E-state index is 13.7. The maximum Gasteiger partial charge on any atom is 0.264 e. The fourth-order valence-corrected chi connectivity index (χ4v) is 5.82. The number of hydrogen-bond donors (Lipinski definition) is 0. The standard InChI is InChI=1S/C26H26ClNO3S/c1-19-4-14-24(15-5-19)32(29,30)28-18-26(2,16-20-6-10-22(27)11-7-20)17-25(28)21-8-12-23(31-3)13-9-21/h4-15,17H,16,18H2,1-3H3. The first-order chi connectivity index (χ1) is 15.2. The van der Waals surface area contributed by atoms with E-state index in [-0.39, 0.29) is 5.41 Å². The molecule has 0 N–H and O–H groups in total. The van der Waals surface area contributed by atoms with Gasteiger partial charge in [0.2, 0.25) is 0 Å². The minimum atomic E-state index is -3.73. The number of sulfonamides is 1. The van der Waals surface area contributed by atoms with E-state index >= 15 is 0 Å². The summed E-state index contributed by atoms with van der Waals surface area (Å²) in [5.74, 6) is 0.726. The summed E-state index contributed by atoms with van der Waals surface area (Å²) >= 11 is 6.04. The molecule has 0 saturated heterocycles. The summed E-state index contributed by atoms with van der Waals surface area (Å²) in [5, 5.41) is 0.684. The fraction of sp³-hybridized carbons (Fsp3) is 0.231. The lowest BCUT2D eigenvalue weighted by atomic mass is 9.84. The molecular formula is C26H26ClNO3S. The van der Waals surface area contributed by atoms with Crippen molar-refractivity contribution in [1.29, 1.82) is 0 Å². The zero-order valence-electron chi connectivity index (χ0n) is 18.4. The Morgan fingerprint density at radius 1 is 0.969 bits per heavy atom. The van der Waals surface area contributed by atoms with Crippen LogP contribution in [0.3, 0.4) is 0 Å². The van der Waals surface area contributed by atoms with Gasteiger partial charge >= 0.3 is 0 Å². The van der Waals surface area contributed by atoms with Crippen molar-refractivity contribution >= 4 is 27.3 Å². The molecule has 0 radical (unpaired) electrons. The summed E-state index contributed by atoms with van der Waals surface area (Å²) < 4.78 is 34.2. The van der Waals surface area contributed by atoms with Gasteiger partial charge in [0, 0.05) is 17.0 Å². The van der Waals surface area contributed by atoms with Crippen molar-refractivity contribution in [2.75, 3.05) is 13.7 Å². The summed E-state index contributed by atoms with van der Waals surface area (Å²) in [6, 6.07) is 22.2. The Bertz CT molecular complexity index is 1230. The highest BCUT2D eigenvalue weighted by Gasteiger charge is 2.40. The molecule has 3 aromatic carbocycles. The zero-order valence-corrected chi connectivity index (χ0v) is 20.0. The van der Waals surface area contributed by atoms with Crippen molar-refractivity contribution in [3.05, 3.63) is 101 Å². The van der Waals surface area contributed by atoms with Gasteiger partial charge in [-0.3, -0.25) is 4.31 Å². The molecule has 1 heterocycles. The lowest BCUT2D eigenvalue weighted by Gasteiger charge is -2.27. The first kappa shape index (κ1) is 22.4. The molecule has 0 saturated carbocycles. The minimum absolute atomic E-state index is 0.290. The van der Waals surface area contributed by atoms with Crippen LogP contribution in [0.5, 0.6) is 5.75 Å². The molecule has 1 aliphatic rings. The molecule has 0 fully saturated rings. The Labute approximate surface area is 195 Å². The van der Waals surface area contributed by atoms with Crippen molar-refractivity contribution in [1.82, 2.24) is 4.31 Å². The van der Waals surface area contributed by atoms with Crippen LogP contribution in [-0.2, 0) is 16.4 Å². The molecule has 0 amide bonds. The van der Waals surface area contributed by atoms with Gasteiger partial charge in [0.05, 0.1) is 17.7 Å². The molecule has 0 bridgehead atoms. The zero-order chi connectivity index (χ0) is 22.9. The van der Waals surface area contributed by atoms with Crippen molar-refractivity contribution in [3.8, 4) is 5.75 Å². The largest absolute Gasteiger partial charge is 0.497 e. The van der Waals surface area contributed by atoms with E-state index in [0.29, 0.717) is 28.6 Å². The lowest BCUT2D eigenvalue weighted by molar-refractivity contribution is 0.377. The molecule has 1 aliphatic heterocycles. The third-order valence-corrected chi connectivity index (χ3v) is 7.80. The third-order valence-electron chi connectivity index (χ3n) is 5.77. The summed E-state index contributed by atoms with van der Waals surface area (Å²) in [4.78, 5) is 0.290. The fourth-order valence-electron chi connectivity index (χ4n) is 4.08. The van der Waals surface area contributed by atoms with Gasteiger partial charge in [-0.1, -0.05) is 54.4 Å². The van der Waals surface area contributed by atoms with Gasteiger partial charge in [-0.15, -0.1) is 0 Å². The van der Waals surface area contributed by atoms with Gasteiger partial charge < -0.3 is 4.74 Å². The number of ether oxygens (including phenoxy) is 1. The van der Waals surface area contributed by atoms with Gasteiger partial charge in [0.25, 0.3) is 10.0 Å². The molecule has 4 rings (SSSR count). The van der Waals surface area contributed by atoms with Gasteiger partial charge in [-0.05, 0) is 73.0 Å². The lowest BCUT2D eigenvalue weighted by Crippen LogP contribution is -2.33. The van der Waals surface area contributed by atoms with Crippen LogP contribution in [0.15, 0.2) is 83.8 Å². The molecule has 32 heavy (non-hydrogen) atoms. The Hall–Kier alpha value is -2.76. The van der Waals surface area contributed by atoms with E-state index in [1.807, 2.05) is 67.6 Å². The number of benzene rings is 3. The second-order valence-electron chi connectivity index (χ2n) is 8.54. The normalized spacial score (nSPS) is 18.5. The second-order valence-corrected chi connectivity index (χ2v) is 10.8. The van der Waals surface area contributed by atoms with E-state index < -0.39 is 10.0 Å². The van der Waals surface area contributed by atoms with Crippen molar-refractivity contribution in [3.63, 3.8) is 0 Å². The van der Waals surface area contributed by atoms with E-state index in [0.717, 1.165) is 22.4 Å². The third kappa shape index (κ3) is 4.54. The van der Waals surface area contributed by atoms with E-state index in [9.17, 15) is 8.42 Å². The van der Waals surface area contributed by atoms with E-state index in [1.165, 1.54) is 4.31 Å². The molecule has 4 nitrogen and oxygen atoms in total. The Balaban J connectivity index is 1.76. The van der Waals surface area contributed by atoms with Crippen molar-refractivity contribution in [2.45, 2.75) is 25.2 Å². The second kappa shape index (κ2) is 8.64. The van der Waals surface area contributed by atoms with Crippen molar-refractivity contribution in [2.24, 2.45) is 5.41 Å². The first-order valence-corrected chi connectivity index (χ1v) is 12.2. The molecule has 0 spiro atoms. The Morgan fingerprint density at radius 3 is 2.19 bits per heavy atom. The van der Waals surface area contributed by atoms with Crippen molar-refractivity contribution < 1.29 is 13.2 Å². The van der Waals surface area contributed by atoms with Crippen LogP contribution in [0.25, 0.3) is 5.70 Å². The topological polar surface area (TPSA) is 46.6 Å². The average Bonchev–Trinajstić information content (AvgIpc) is 3.14. The van der Waals surface area contributed by atoms with Gasteiger partial charge in [-0.2, -0.15) is 0 Å². The summed E-state index contributed by atoms with van der Waals surface area (Å²) in [6.07, 6.45) is 2.78. The van der Waals surface area contributed by atoms with Crippen LogP contribution in [-0.4, -0.2) is 26.4 Å². The SMILES string of the molecule is COc1ccc(C2=CC(C)(Cc3ccc(Cl)cc3)CN2S(=O)(=O)c2ccc(C)cc2)cc1. The number of aryl methyl sites for hydroxylation is 1. The molecule has 0 aromatic heterocycles. The number of nitrogens with zero attached hydrogens (tertiary/aromatic N) is 1. The molecule has 3 aromatic rings. The van der Waals surface area contributed by atoms with Crippen LogP contribution >= 0.6 is 11.6 Å².